The molecule has 0 saturated heterocycles. The van der Waals surface area contributed by atoms with Crippen molar-refractivity contribution in [2.45, 2.75) is 20.0 Å². The molecule has 0 aliphatic carbocycles. The zero-order chi connectivity index (χ0) is 8.85. The molecule has 64 valence electrons. The first-order valence-corrected chi connectivity index (χ1v) is 3.69. The van der Waals surface area contributed by atoms with Gasteiger partial charge in [-0.25, -0.2) is 0 Å². The number of hydrogen-bond donors (Lipinski definition) is 2. The number of nitrogens with one attached hydrogen (secondary N) is 1. The van der Waals surface area contributed by atoms with Gasteiger partial charge in [0.25, 0.3) is 0 Å². The number of aliphatic hydroxyl groups is 1. The van der Waals surface area contributed by atoms with Crippen LogP contribution >= 0.6 is 11.6 Å². The van der Waals surface area contributed by atoms with Gasteiger partial charge in [-0.15, -0.1) is 0 Å². The zero-order valence-electron chi connectivity index (χ0n) is 6.93. The molecule has 0 heterocycles. The summed E-state index contributed by atoms with van der Waals surface area (Å²) in [6, 6.07) is 0. The predicted octanol–water partition coefficient (Wildman–Crippen LogP) is 1.09. The molecule has 0 saturated carbocycles. The molecular weight excluding hydrogens is 164 g/mol. The minimum atomic E-state index is -0.455. The summed E-state index contributed by atoms with van der Waals surface area (Å²) in [6.07, 6.45) is 1.17. The molecule has 0 unspecified atom stereocenters. The minimum absolute atomic E-state index is 0.310. The Hall–Kier alpha value is -0.540. The van der Waals surface area contributed by atoms with Crippen molar-refractivity contribution in [1.82, 2.24) is 5.32 Å². The molecular formula is C7H13ClN2O. The number of nitrogens with zero attached hydrogens (tertiary/aromatic N) is 1. The summed E-state index contributed by atoms with van der Waals surface area (Å²) < 4.78 is 0. The van der Waals surface area contributed by atoms with Gasteiger partial charge in [0.2, 0.25) is 0 Å². The number of hydrogen-bond acceptors (Lipinski definition) is 2. The highest BCUT2D eigenvalue weighted by atomic mass is 35.5. The topological polar surface area (TPSA) is 44.6 Å². The summed E-state index contributed by atoms with van der Waals surface area (Å²) in [5, 5.41) is 12.0. The fourth-order valence-electron chi connectivity index (χ4n) is 0.359. The summed E-state index contributed by atoms with van der Waals surface area (Å²) in [5.74, 6) is 0. The molecule has 0 bridgehead atoms. The summed E-state index contributed by atoms with van der Waals surface area (Å²) in [7, 11) is 1.58. The van der Waals surface area contributed by atoms with Crippen molar-refractivity contribution >= 4 is 16.9 Å². The maximum absolute atomic E-state index is 9.02. The Labute approximate surface area is 71.8 Å². The fraction of sp³-hybridized carbons (Fsp3) is 0.571. The van der Waals surface area contributed by atoms with Crippen LogP contribution in [0.25, 0.3) is 0 Å². The minimum Gasteiger partial charge on any atom is -0.389 e. The largest absolute Gasteiger partial charge is 0.389 e. The Kier molecular flexibility index (Phi) is 4.90. The van der Waals surface area contributed by atoms with E-state index in [0.29, 0.717) is 5.29 Å². The Morgan fingerprint density at radius 1 is 1.73 bits per heavy atom. The molecule has 0 aliphatic rings. The lowest BCUT2D eigenvalue weighted by molar-refractivity contribution is 0.231. The third-order valence-electron chi connectivity index (χ3n) is 1.27. The van der Waals surface area contributed by atoms with Crippen molar-refractivity contribution in [3.8, 4) is 0 Å². The van der Waals surface area contributed by atoms with E-state index in [0.717, 1.165) is 5.57 Å². The SMILES string of the molecule is CN=C(Cl)N/C=C(\C)[C@H](C)O. The monoisotopic (exact) mass is 176 g/mol. The van der Waals surface area contributed by atoms with Gasteiger partial charge < -0.3 is 10.4 Å². The van der Waals surface area contributed by atoms with Crippen molar-refractivity contribution in [2.24, 2.45) is 4.99 Å². The van der Waals surface area contributed by atoms with Crippen LogP contribution in [0.2, 0.25) is 0 Å². The lowest BCUT2D eigenvalue weighted by atomic mass is 10.2. The van der Waals surface area contributed by atoms with Crippen molar-refractivity contribution in [1.29, 1.82) is 0 Å². The fourth-order valence-corrected chi connectivity index (χ4v) is 0.413. The third-order valence-corrected chi connectivity index (χ3v) is 1.55. The molecule has 0 aromatic rings. The van der Waals surface area contributed by atoms with Crippen molar-refractivity contribution in [3.63, 3.8) is 0 Å². The van der Waals surface area contributed by atoms with Crippen molar-refractivity contribution in [3.05, 3.63) is 11.8 Å². The van der Waals surface area contributed by atoms with Gasteiger partial charge in [0.15, 0.2) is 5.29 Å². The highest BCUT2D eigenvalue weighted by Gasteiger charge is 1.96. The number of aliphatic hydroxyl groups excluding tert-OH is 1. The lowest BCUT2D eigenvalue weighted by Crippen LogP contribution is -2.13. The van der Waals surface area contributed by atoms with Crippen LogP contribution in [-0.2, 0) is 0 Å². The van der Waals surface area contributed by atoms with E-state index in [1.54, 1.807) is 27.1 Å². The van der Waals surface area contributed by atoms with E-state index in [4.69, 9.17) is 16.7 Å². The number of aliphatic imine (C=N–C) groups is 1. The molecule has 0 aliphatic heterocycles. The van der Waals surface area contributed by atoms with Crippen LogP contribution in [0.5, 0.6) is 0 Å². The molecule has 0 fully saturated rings. The highest BCUT2D eigenvalue weighted by molar-refractivity contribution is 6.64. The van der Waals surface area contributed by atoms with E-state index in [1.165, 1.54) is 0 Å². The van der Waals surface area contributed by atoms with Crippen LogP contribution in [0.1, 0.15) is 13.8 Å². The van der Waals surface area contributed by atoms with Crippen LogP contribution in [0.3, 0.4) is 0 Å². The third kappa shape index (κ3) is 4.81. The molecule has 0 rings (SSSR count). The molecule has 0 radical (unpaired) electrons. The molecule has 0 aromatic heterocycles. The second-order valence-corrected chi connectivity index (χ2v) is 2.58. The smallest absolute Gasteiger partial charge is 0.194 e. The maximum atomic E-state index is 9.02. The van der Waals surface area contributed by atoms with Gasteiger partial charge in [-0.2, -0.15) is 0 Å². The number of amidine groups is 1. The molecule has 11 heavy (non-hydrogen) atoms. The van der Waals surface area contributed by atoms with Crippen molar-refractivity contribution < 1.29 is 5.11 Å². The Morgan fingerprint density at radius 2 is 2.27 bits per heavy atom. The predicted molar refractivity (Wildman–Crippen MR) is 47.8 cm³/mol. The second kappa shape index (κ2) is 5.16. The van der Waals surface area contributed by atoms with E-state index in [-0.39, 0.29) is 0 Å². The highest BCUT2D eigenvalue weighted by Crippen LogP contribution is 1.97. The normalized spacial score (nSPS) is 16.5. The second-order valence-electron chi connectivity index (χ2n) is 2.22. The van der Waals surface area contributed by atoms with E-state index >= 15 is 0 Å². The van der Waals surface area contributed by atoms with Gasteiger partial charge in [0.1, 0.15) is 0 Å². The Balaban J connectivity index is 3.92. The molecule has 2 N–H and O–H groups in total. The van der Waals surface area contributed by atoms with E-state index < -0.39 is 6.10 Å². The summed E-state index contributed by atoms with van der Waals surface area (Å²) in [4.78, 5) is 3.66. The van der Waals surface area contributed by atoms with Gasteiger partial charge in [-0.05, 0) is 31.0 Å². The van der Waals surface area contributed by atoms with Gasteiger partial charge in [0.05, 0.1) is 6.10 Å². The average Bonchev–Trinajstić information content (AvgIpc) is 1.99. The summed E-state index contributed by atoms with van der Waals surface area (Å²) in [5.41, 5.74) is 0.812. The molecule has 0 aromatic carbocycles. The Morgan fingerprint density at radius 3 is 2.64 bits per heavy atom. The summed E-state index contributed by atoms with van der Waals surface area (Å²) in [6.45, 7) is 3.49. The van der Waals surface area contributed by atoms with Crippen LogP contribution in [0.15, 0.2) is 16.8 Å². The van der Waals surface area contributed by atoms with Crippen molar-refractivity contribution in [2.75, 3.05) is 7.05 Å². The Bertz CT molecular complexity index is 175. The van der Waals surface area contributed by atoms with Crippen LogP contribution in [0.4, 0.5) is 0 Å². The van der Waals surface area contributed by atoms with Gasteiger partial charge in [-0.3, -0.25) is 4.99 Å². The maximum Gasteiger partial charge on any atom is 0.194 e. The van der Waals surface area contributed by atoms with Crippen LogP contribution < -0.4 is 5.32 Å². The quantitative estimate of drug-likeness (QED) is 0.376. The van der Waals surface area contributed by atoms with Gasteiger partial charge in [-0.1, -0.05) is 0 Å². The van der Waals surface area contributed by atoms with Crippen LogP contribution in [-0.4, -0.2) is 23.6 Å². The number of halogens is 1. The van der Waals surface area contributed by atoms with E-state index in [1.807, 2.05) is 0 Å². The van der Waals surface area contributed by atoms with Gasteiger partial charge >= 0.3 is 0 Å². The zero-order valence-corrected chi connectivity index (χ0v) is 7.68. The molecule has 1 atom stereocenters. The molecule has 0 amide bonds. The van der Waals surface area contributed by atoms with E-state index in [9.17, 15) is 0 Å². The standard InChI is InChI=1S/C7H13ClN2O/c1-5(6(2)11)4-10-7(8)9-3/h4,6,11H,1-3H3,(H,9,10)/b5-4+/t6-/m0/s1. The molecule has 0 spiro atoms. The first kappa shape index (κ1) is 10.5. The molecule has 3 nitrogen and oxygen atoms in total. The van der Waals surface area contributed by atoms with Crippen LogP contribution in [0, 0.1) is 0 Å². The van der Waals surface area contributed by atoms with E-state index in [2.05, 4.69) is 10.3 Å². The first-order valence-electron chi connectivity index (χ1n) is 3.31. The van der Waals surface area contributed by atoms with Gasteiger partial charge in [0, 0.05) is 13.2 Å². The first-order chi connectivity index (χ1) is 5.07. The summed E-state index contributed by atoms with van der Waals surface area (Å²) >= 11 is 5.53. The number of rotatable bonds is 2. The molecule has 4 heteroatoms. The average molecular weight is 177 g/mol. The lowest BCUT2D eigenvalue weighted by Gasteiger charge is -2.03.